The van der Waals surface area contributed by atoms with Crippen molar-refractivity contribution >= 4 is 37.2 Å². The third-order valence-corrected chi connectivity index (χ3v) is 15.3. The van der Waals surface area contributed by atoms with Crippen molar-refractivity contribution in [1.29, 1.82) is 0 Å². The zero-order valence-corrected chi connectivity index (χ0v) is 26.6. The topological polar surface area (TPSA) is 44.8 Å². The molecule has 0 aromatic rings. The van der Waals surface area contributed by atoms with Crippen molar-refractivity contribution in [3.63, 3.8) is 0 Å². The number of allylic oxidation sites excluding steroid dienone is 2. The quantitative estimate of drug-likeness (QED) is 0.0654. The number of aldehydes is 1. The second-order valence-electron chi connectivity index (χ2n) is 11.5. The minimum absolute atomic E-state index is 0.123. The number of hydrogen-bond acceptors (Lipinski definition) is 4. The minimum Gasteiger partial charge on any atom is -0.413 e. The number of halogens is 1. The van der Waals surface area contributed by atoms with E-state index in [4.69, 9.17) is 13.9 Å². The molecule has 1 aliphatic carbocycles. The molecule has 6 heteroatoms. The summed E-state index contributed by atoms with van der Waals surface area (Å²) < 4.78 is 20.0. The molecule has 4 nitrogen and oxygen atoms in total. The maximum absolute atomic E-state index is 11.8. The van der Waals surface area contributed by atoms with Crippen molar-refractivity contribution in [2.75, 3.05) is 14.2 Å². The van der Waals surface area contributed by atoms with Crippen LogP contribution in [0.3, 0.4) is 0 Å². The molecule has 1 saturated carbocycles. The third-order valence-electron chi connectivity index (χ3n) is 8.60. The number of rotatable bonds is 14. The SMILES string of the molecule is C=C(I)CCC(/C=C/[C@@]1(C)CC[C@H](O[Si](C(C)C)(C(C)C)C(C)C)[C@@H](C)[C@@H]1CC=O)(OC)OC. The van der Waals surface area contributed by atoms with E-state index in [1.54, 1.807) is 14.2 Å². The zero-order valence-electron chi connectivity index (χ0n) is 23.4. The van der Waals surface area contributed by atoms with Gasteiger partial charge in [0.05, 0.1) is 0 Å². The Kier molecular flexibility index (Phi) is 12.7. The van der Waals surface area contributed by atoms with Gasteiger partial charge >= 0.3 is 0 Å². The lowest BCUT2D eigenvalue weighted by Crippen LogP contribution is -2.54. The van der Waals surface area contributed by atoms with Gasteiger partial charge < -0.3 is 18.7 Å². The molecule has 198 valence electrons. The monoisotopic (exact) mass is 606 g/mol. The number of hydrogen-bond donors (Lipinski definition) is 0. The molecule has 0 heterocycles. The molecule has 0 radical (unpaired) electrons. The highest BCUT2D eigenvalue weighted by Crippen LogP contribution is 2.51. The minimum atomic E-state index is -1.99. The highest BCUT2D eigenvalue weighted by molar-refractivity contribution is 14.1. The number of methoxy groups -OCH3 is 2. The summed E-state index contributed by atoms with van der Waals surface area (Å²) in [5.41, 5.74) is 1.53. The number of carbonyl (C=O) groups excluding carboxylic acids is 1. The largest absolute Gasteiger partial charge is 0.413 e. The Balaban J connectivity index is 3.27. The van der Waals surface area contributed by atoms with E-state index in [1.807, 2.05) is 0 Å². The Morgan fingerprint density at radius 3 is 2.09 bits per heavy atom. The van der Waals surface area contributed by atoms with E-state index in [1.165, 1.54) is 0 Å². The van der Waals surface area contributed by atoms with Crippen LogP contribution in [0.25, 0.3) is 0 Å². The van der Waals surface area contributed by atoms with Crippen molar-refractivity contribution in [2.45, 2.75) is 116 Å². The molecular weight excluding hydrogens is 555 g/mol. The average Bonchev–Trinajstić information content (AvgIpc) is 2.76. The lowest BCUT2D eigenvalue weighted by Gasteiger charge is -2.52. The summed E-state index contributed by atoms with van der Waals surface area (Å²) in [6.07, 6.45) is 9.68. The molecule has 0 amide bonds. The van der Waals surface area contributed by atoms with E-state index < -0.39 is 14.1 Å². The van der Waals surface area contributed by atoms with Crippen LogP contribution < -0.4 is 0 Å². The van der Waals surface area contributed by atoms with Gasteiger partial charge in [0.25, 0.3) is 0 Å². The van der Waals surface area contributed by atoms with Gasteiger partial charge in [-0.3, -0.25) is 0 Å². The standard InChI is InChI=1S/C28H51IO4Si/c1-20(2)34(21(3)4,22(5)6)33-26-13-15-27(9,25(14-19-30)24(26)8)17-18-28(31-10,32-11)16-12-23(7)29/h17-22,24-26H,7,12-16H2,1-6,8-11H3/b18-17+/t24-,25-,26-,27+/m0/s1. The summed E-state index contributed by atoms with van der Waals surface area (Å²) in [5.74, 6) is -0.275. The highest BCUT2D eigenvalue weighted by atomic mass is 127. The van der Waals surface area contributed by atoms with Gasteiger partial charge in [0.15, 0.2) is 5.79 Å². The van der Waals surface area contributed by atoms with Gasteiger partial charge in [-0.1, -0.05) is 68.0 Å². The first-order valence-corrected chi connectivity index (χ1v) is 16.2. The molecule has 0 aromatic carbocycles. The van der Waals surface area contributed by atoms with Gasteiger partial charge in [0.1, 0.15) is 6.29 Å². The van der Waals surface area contributed by atoms with Crippen molar-refractivity contribution in [3.8, 4) is 0 Å². The molecule has 0 bridgehead atoms. The molecule has 0 spiro atoms. The Morgan fingerprint density at radius 2 is 1.68 bits per heavy atom. The third kappa shape index (κ3) is 7.27. The van der Waals surface area contributed by atoms with E-state index in [0.29, 0.717) is 35.4 Å². The van der Waals surface area contributed by atoms with Gasteiger partial charge in [-0.2, -0.15) is 0 Å². The Labute approximate surface area is 224 Å². The Hall–Kier alpha value is -0.0231. The fourth-order valence-electron chi connectivity index (χ4n) is 6.53. The summed E-state index contributed by atoms with van der Waals surface area (Å²) in [7, 11) is 1.39. The van der Waals surface area contributed by atoms with Crippen molar-refractivity contribution in [3.05, 3.63) is 22.3 Å². The molecule has 0 aromatic heterocycles. The first-order chi connectivity index (χ1) is 15.7. The van der Waals surface area contributed by atoms with Crippen LogP contribution in [0.15, 0.2) is 22.3 Å². The van der Waals surface area contributed by atoms with Crippen molar-refractivity contribution < 1.29 is 18.7 Å². The summed E-state index contributed by atoms with van der Waals surface area (Å²) in [5, 5.41) is 0. The van der Waals surface area contributed by atoms with Crippen LogP contribution in [0.1, 0.15) is 87.5 Å². The Bertz CT molecular complexity index is 664. The maximum Gasteiger partial charge on any atom is 0.200 e. The first-order valence-electron chi connectivity index (χ1n) is 13.0. The summed E-state index contributed by atoms with van der Waals surface area (Å²) in [6, 6.07) is 0. The van der Waals surface area contributed by atoms with Crippen LogP contribution in [0.2, 0.25) is 16.6 Å². The van der Waals surface area contributed by atoms with Crippen LogP contribution in [0.4, 0.5) is 0 Å². The number of ether oxygens (including phenoxy) is 2. The predicted octanol–water partition coefficient (Wildman–Crippen LogP) is 8.46. The summed E-state index contributed by atoms with van der Waals surface area (Å²) in [4.78, 5) is 11.8. The first kappa shape index (κ1) is 32.0. The van der Waals surface area contributed by atoms with Crippen LogP contribution in [-0.2, 0) is 18.7 Å². The molecule has 0 N–H and O–H groups in total. The van der Waals surface area contributed by atoms with Crippen LogP contribution in [-0.4, -0.2) is 40.7 Å². The van der Waals surface area contributed by atoms with Crippen molar-refractivity contribution in [1.82, 2.24) is 0 Å². The molecule has 0 aliphatic heterocycles. The van der Waals surface area contributed by atoms with Gasteiger partial charge in [0.2, 0.25) is 8.32 Å². The van der Waals surface area contributed by atoms with Gasteiger partial charge in [-0.15, -0.1) is 0 Å². The second-order valence-corrected chi connectivity index (χ2v) is 18.4. The van der Waals surface area contributed by atoms with Crippen LogP contribution in [0.5, 0.6) is 0 Å². The molecule has 1 fully saturated rings. The van der Waals surface area contributed by atoms with E-state index in [9.17, 15) is 4.79 Å². The zero-order chi connectivity index (χ0) is 26.3. The van der Waals surface area contributed by atoms with E-state index in [2.05, 4.69) is 96.7 Å². The van der Waals surface area contributed by atoms with E-state index in [-0.39, 0.29) is 17.4 Å². The lowest BCUT2D eigenvalue weighted by molar-refractivity contribution is -0.174. The maximum atomic E-state index is 11.8. The average molecular weight is 607 g/mol. The molecule has 1 aliphatic rings. The molecule has 0 unspecified atom stereocenters. The Morgan fingerprint density at radius 1 is 1.15 bits per heavy atom. The fraction of sp³-hybridized carbons (Fsp3) is 0.821. The van der Waals surface area contributed by atoms with Gasteiger partial charge in [-0.25, -0.2) is 0 Å². The lowest BCUT2D eigenvalue weighted by atomic mass is 9.61. The second kappa shape index (κ2) is 13.5. The van der Waals surface area contributed by atoms with Crippen LogP contribution >= 0.6 is 22.6 Å². The molecule has 0 saturated heterocycles. The van der Waals surface area contributed by atoms with Crippen molar-refractivity contribution in [2.24, 2.45) is 17.3 Å². The molecule has 34 heavy (non-hydrogen) atoms. The summed E-state index contributed by atoms with van der Waals surface area (Å²) in [6.45, 7) is 22.6. The fourth-order valence-corrected chi connectivity index (χ4v) is 12.5. The highest BCUT2D eigenvalue weighted by Gasteiger charge is 2.51. The number of carbonyl (C=O) groups is 1. The normalized spacial score (nSPS) is 26.7. The molecule has 1 rings (SSSR count). The molecule has 4 atom stereocenters. The predicted molar refractivity (Wildman–Crippen MR) is 155 cm³/mol. The molecular formula is C28H51IO4Si. The van der Waals surface area contributed by atoms with E-state index >= 15 is 0 Å². The smallest absolute Gasteiger partial charge is 0.200 e. The van der Waals surface area contributed by atoms with Gasteiger partial charge in [-0.05, 0) is 85.4 Å². The summed E-state index contributed by atoms with van der Waals surface area (Å²) >= 11 is 2.25. The van der Waals surface area contributed by atoms with Crippen LogP contribution in [0, 0.1) is 17.3 Å². The van der Waals surface area contributed by atoms with E-state index in [0.717, 1.165) is 29.1 Å². The van der Waals surface area contributed by atoms with Gasteiger partial charge in [0, 0.05) is 33.2 Å².